The first-order valence-corrected chi connectivity index (χ1v) is 10.5. The van der Waals surface area contributed by atoms with Gasteiger partial charge in [0.15, 0.2) is 0 Å². The largest absolute Gasteiger partial charge is 0.422 e. The molecule has 1 aromatic heterocycles. The lowest BCUT2D eigenvalue weighted by Crippen LogP contribution is -2.36. The summed E-state index contributed by atoms with van der Waals surface area (Å²) in [6, 6.07) is 14.6. The molecule has 0 radical (unpaired) electrons. The second kappa shape index (κ2) is 8.44. The van der Waals surface area contributed by atoms with E-state index in [0.717, 1.165) is 54.3 Å². The first-order chi connectivity index (χ1) is 14.5. The number of piperidine rings is 1. The molecule has 2 aromatic carbocycles. The maximum Gasteiger partial charge on any atom is 0.422 e. The number of aliphatic hydroxyl groups is 1. The molecule has 3 aromatic rings. The van der Waals surface area contributed by atoms with E-state index in [1.54, 1.807) is 0 Å². The molecule has 7 heteroatoms. The van der Waals surface area contributed by atoms with Crippen LogP contribution in [0, 0.1) is 5.92 Å². The third-order valence-electron chi connectivity index (χ3n) is 6.05. The van der Waals surface area contributed by atoms with Crippen LogP contribution in [-0.2, 0) is 14.1 Å². The Bertz CT molecular complexity index is 1050. The fraction of sp³-hybridized carbons (Fsp3) is 0.435. The van der Waals surface area contributed by atoms with Crippen molar-refractivity contribution in [2.24, 2.45) is 30.2 Å². The van der Waals surface area contributed by atoms with Crippen molar-refractivity contribution in [1.29, 1.82) is 0 Å². The summed E-state index contributed by atoms with van der Waals surface area (Å²) < 4.78 is 4.14. The third kappa shape index (κ3) is 3.89. The van der Waals surface area contributed by atoms with Gasteiger partial charge in [-0.25, -0.2) is 9.13 Å². The van der Waals surface area contributed by atoms with Crippen LogP contribution in [0.25, 0.3) is 11.0 Å². The Morgan fingerprint density at radius 2 is 1.90 bits per heavy atom. The Balaban J connectivity index is 1.56. The summed E-state index contributed by atoms with van der Waals surface area (Å²) in [4.78, 5) is 4.44. The maximum atomic E-state index is 9.46. The van der Waals surface area contributed by atoms with Crippen LogP contribution in [0.2, 0.25) is 0 Å². The zero-order valence-corrected chi connectivity index (χ0v) is 18.3. The van der Waals surface area contributed by atoms with E-state index in [9.17, 15) is 5.11 Å². The number of azo groups is 1. The standard InChI is InChI=1S/C23H31N6O/c1-26(2)20-11-12-21-22(14-20)28(4)23(27(21)3)25-24-18-7-9-19(10-8-18)29-13-5-6-17(15-29)16-30/h7-12,14,17,30H,5-6,13,15-16H2,1-4H3/q+1. The molecular weight excluding hydrogens is 376 g/mol. The average Bonchev–Trinajstić information content (AvgIpc) is 3.02. The van der Waals surface area contributed by atoms with Gasteiger partial charge in [0.1, 0.15) is 16.7 Å². The average molecular weight is 408 g/mol. The lowest BCUT2D eigenvalue weighted by molar-refractivity contribution is -0.632. The highest BCUT2D eigenvalue weighted by atomic mass is 16.3. The Labute approximate surface area is 177 Å². The molecule has 1 fully saturated rings. The quantitative estimate of drug-likeness (QED) is 0.518. The molecule has 0 spiro atoms. The van der Waals surface area contributed by atoms with E-state index < -0.39 is 0 Å². The van der Waals surface area contributed by atoms with Crippen LogP contribution >= 0.6 is 0 Å². The molecule has 2 heterocycles. The molecule has 1 aliphatic rings. The normalized spacial score (nSPS) is 17.2. The van der Waals surface area contributed by atoms with Crippen molar-refractivity contribution in [3.63, 3.8) is 0 Å². The highest BCUT2D eigenvalue weighted by Gasteiger charge is 2.21. The smallest absolute Gasteiger partial charge is 0.396 e. The minimum Gasteiger partial charge on any atom is -0.396 e. The first kappa shape index (κ1) is 20.3. The fourth-order valence-electron chi connectivity index (χ4n) is 4.20. The second-order valence-corrected chi connectivity index (χ2v) is 8.34. The van der Waals surface area contributed by atoms with Crippen LogP contribution in [0.15, 0.2) is 52.7 Å². The number of nitrogens with zero attached hydrogens (tertiary/aromatic N) is 6. The van der Waals surface area contributed by atoms with E-state index >= 15 is 0 Å². The molecule has 1 unspecified atom stereocenters. The van der Waals surface area contributed by atoms with Gasteiger partial charge in [-0.15, -0.1) is 0 Å². The highest BCUT2D eigenvalue weighted by molar-refractivity contribution is 5.78. The van der Waals surface area contributed by atoms with Gasteiger partial charge in [-0.3, -0.25) is 0 Å². The minimum absolute atomic E-state index is 0.265. The molecule has 0 bridgehead atoms. The molecule has 1 atom stereocenters. The molecule has 30 heavy (non-hydrogen) atoms. The van der Waals surface area contributed by atoms with E-state index in [1.165, 1.54) is 5.69 Å². The van der Waals surface area contributed by atoms with Crippen molar-refractivity contribution in [2.75, 3.05) is 43.6 Å². The van der Waals surface area contributed by atoms with Gasteiger partial charge >= 0.3 is 5.95 Å². The van der Waals surface area contributed by atoms with E-state index in [-0.39, 0.29) is 6.61 Å². The van der Waals surface area contributed by atoms with Crippen molar-refractivity contribution in [1.82, 2.24) is 4.57 Å². The zero-order chi connectivity index (χ0) is 21.3. The van der Waals surface area contributed by atoms with Crippen molar-refractivity contribution >= 4 is 34.0 Å². The predicted molar refractivity (Wildman–Crippen MR) is 121 cm³/mol. The number of hydrogen-bond donors (Lipinski definition) is 1. The Morgan fingerprint density at radius 3 is 2.60 bits per heavy atom. The van der Waals surface area contributed by atoms with Gasteiger partial charge in [-0.2, -0.15) is 0 Å². The van der Waals surface area contributed by atoms with Gasteiger partial charge < -0.3 is 14.9 Å². The van der Waals surface area contributed by atoms with Crippen molar-refractivity contribution in [2.45, 2.75) is 12.8 Å². The molecule has 0 amide bonds. The number of anilines is 2. The van der Waals surface area contributed by atoms with Gasteiger partial charge in [-0.05, 0) is 55.2 Å². The van der Waals surface area contributed by atoms with Crippen LogP contribution in [0.1, 0.15) is 12.8 Å². The topological polar surface area (TPSA) is 60.2 Å². The summed E-state index contributed by atoms with van der Waals surface area (Å²) in [5.74, 6) is 1.17. The highest BCUT2D eigenvalue weighted by Crippen LogP contribution is 2.27. The number of hydrogen-bond acceptors (Lipinski definition) is 5. The molecule has 1 N–H and O–H groups in total. The number of rotatable bonds is 5. The summed E-state index contributed by atoms with van der Waals surface area (Å²) in [6.45, 7) is 2.22. The van der Waals surface area contributed by atoms with Gasteiger partial charge in [-0.1, -0.05) is 5.11 Å². The number of aryl methyl sites for hydroxylation is 2. The van der Waals surface area contributed by atoms with Gasteiger partial charge in [0.2, 0.25) is 0 Å². The summed E-state index contributed by atoms with van der Waals surface area (Å²) in [6.07, 6.45) is 2.23. The summed E-state index contributed by atoms with van der Waals surface area (Å²) in [5, 5.41) is 18.5. The van der Waals surface area contributed by atoms with Gasteiger partial charge in [0.25, 0.3) is 0 Å². The van der Waals surface area contributed by atoms with Crippen LogP contribution in [0.3, 0.4) is 0 Å². The fourth-order valence-corrected chi connectivity index (χ4v) is 4.20. The van der Waals surface area contributed by atoms with E-state index in [1.807, 2.05) is 40.3 Å². The lowest BCUT2D eigenvalue weighted by atomic mass is 9.98. The van der Waals surface area contributed by atoms with Crippen molar-refractivity contribution in [3.05, 3.63) is 42.5 Å². The molecule has 4 rings (SSSR count). The Morgan fingerprint density at radius 1 is 1.13 bits per heavy atom. The summed E-state index contributed by atoms with van der Waals surface area (Å²) in [5.41, 5.74) is 5.41. The van der Waals surface area contributed by atoms with E-state index in [2.05, 4.69) is 59.5 Å². The van der Waals surface area contributed by atoms with Crippen molar-refractivity contribution in [3.8, 4) is 0 Å². The van der Waals surface area contributed by atoms with Crippen LogP contribution in [-0.4, -0.2) is 43.5 Å². The number of benzene rings is 2. The number of aromatic nitrogens is 2. The Kier molecular flexibility index (Phi) is 5.72. The van der Waals surface area contributed by atoms with Crippen LogP contribution in [0.4, 0.5) is 23.0 Å². The molecule has 0 saturated carbocycles. The summed E-state index contributed by atoms with van der Waals surface area (Å²) >= 11 is 0. The minimum atomic E-state index is 0.265. The molecule has 1 saturated heterocycles. The molecule has 1 aliphatic heterocycles. The SMILES string of the molecule is CN(C)c1ccc2c(c1)n(C)c(/N=N/c1ccc(N3CCCC(CO)C3)cc1)[n+]2C. The monoisotopic (exact) mass is 407 g/mol. The van der Waals surface area contributed by atoms with Crippen molar-refractivity contribution < 1.29 is 9.67 Å². The molecule has 0 aliphatic carbocycles. The third-order valence-corrected chi connectivity index (χ3v) is 6.05. The molecule has 158 valence electrons. The zero-order valence-electron chi connectivity index (χ0n) is 18.3. The second-order valence-electron chi connectivity index (χ2n) is 8.34. The maximum absolute atomic E-state index is 9.46. The number of fused-ring (bicyclic) bond motifs is 1. The van der Waals surface area contributed by atoms with Crippen LogP contribution < -0.4 is 14.4 Å². The predicted octanol–water partition coefficient (Wildman–Crippen LogP) is 3.69. The number of imidazole rings is 1. The Hall–Kier alpha value is -2.93. The first-order valence-electron chi connectivity index (χ1n) is 10.5. The van der Waals surface area contributed by atoms with Gasteiger partial charge in [0, 0.05) is 56.3 Å². The van der Waals surface area contributed by atoms with Crippen LogP contribution in [0.5, 0.6) is 0 Å². The van der Waals surface area contributed by atoms with Gasteiger partial charge in [0.05, 0.1) is 14.1 Å². The lowest BCUT2D eigenvalue weighted by Gasteiger charge is -2.33. The summed E-state index contributed by atoms with van der Waals surface area (Å²) in [7, 11) is 8.13. The number of aliphatic hydroxyl groups excluding tert-OH is 1. The van der Waals surface area contributed by atoms with E-state index in [4.69, 9.17) is 0 Å². The molecule has 7 nitrogen and oxygen atoms in total. The van der Waals surface area contributed by atoms with E-state index in [0.29, 0.717) is 5.92 Å². The molecular formula is C23H31N6O+.